The van der Waals surface area contributed by atoms with Crippen LogP contribution in [0.25, 0.3) is 0 Å². The fraction of sp³-hybridized carbons (Fsp3) is 0.778. The second kappa shape index (κ2) is 6.53. The van der Waals surface area contributed by atoms with Gasteiger partial charge in [0.15, 0.2) is 0 Å². The highest BCUT2D eigenvalue weighted by molar-refractivity contribution is 5.06. The quantitative estimate of drug-likeness (QED) is 0.889. The lowest BCUT2D eigenvalue weighted by molar-refractivity contribution is 0.169. The maximum absolute atomic E-state index is 5.71. The third-order valence-electron chi connectivity index (χ3n) is 5.26. The summed E-state index contributed by atoms with van der Waals surface area (Å²) in [6.45, 7) is 8.26. The summed E-state index contributed by atoms with van der Waals surface area (Å²) in [5.74, 6) is 1.12. The maximum atomic E-state index is 5.71. The predicted octanol–water partition coefficient (Wildman–Crippen LogP) is 3.97. The second-order valence-corrected chi connectivity index (χ2v) is 7.64. The number of hydrogen-bond acceptors (Lipinski definition) is 3. The van der Waals surface area contributed by atoms with Crippen LogP contribution >= 0.6 is 0 Å². The van der Waals surface area contributed by atoms with Crippen LogP contribution in [0, 0.1) is 5.41 Å². The topological polar surface area (TPSA) is 28.4 Å². The first kappa shape index (κ1) is 15.1. The number of nitrogens with one attached hydrogen (secondary N) is 1. The molecule has 0 bridgehead atoms. The normalized spacial score (nSPS) is 27.8. The lowest BCUT2D eigenvalue weighted by Crippen LogP contribution is -2.42. The monoisotopic (exact) mass is 290 g/mol. The standard InChI is InChI=1S/C18H30N2O/c1-18(2)9-5-7-15(13-18)19-14-16(17-8-6-12-21-17)20-10-3-4-11-20/h6,8,12,15-16,19H,3-5,7,9-11,13-14H2,1-2H3. The molecule has 0 aromatic carbocycles. The van der Waals surface area contributed by atoms with Crippen LogP contribution in [0.1, 0.15) is 64.2 Å². The first-order valence-electron chi connectivity index (χ1n) is 8.65. The minimum Gasteiger partial charge on any atom is -0.468 e. The molecule has 1 saturated heterocycles. The Morgan fingerprint density at radius 1 is 1.33 bits per heavy atom. The molecule has 2 fully saturated rings. The van der Waals surface area contributed by atoms with Crippen molar-refractivity contribution in [1.82, 2.24) is 10.2 Å². The Morgan fingerprint density at radius 3 is 2.81 bits per heavy atom. The van der Waals surface area contributed by atoms with Gasteiger partial charge in [-0.1, -0.05) is 20.3 Å². The van der Waals surface area contributed by atoms with E-state index >= 15 is 0 Å². The zero-order valence-electron chi connectivity index (χ0n) is 13.6. The van der Waals surface area contributed by atoms with Crippen molar-refractivity contribution in [3.63, 3.8) is 0 Å². The lowest BCUT2D eigenvalue weighted by Gasteiger charge is -2.37. The van der Waals surface area contributed by atoms with Crippen LogP contribution in [-0.4, -0.2) is 30.6 Å². The van der Waals surface area contributed by atoms with E-state index in [2.05, 4.69) is 30.1 Å². The summed E-state index contributed by atoms with van der Waals surface area (Å²) in [7, 11) is 0. The second-order valence-electron chi connectivity index (χ2n) is 7.64. The van der Waals surface area contributed by atoms with Gasteiger partial charge in [-0.15, -0.1) is 0 Å². The van der Waals surface area contributed by atoms with Crippen molar-refractivity contribution >= 4 is 0 Å². The zero-order valence-corrected chi connectivity index (χ0v) is 13.6. The van der Waals surface area contributed by atoms with Crippen LogP contribution in [0.2, 0.25) is 0 Å². The average Bonchev–Trinajstić information content (AvgIpc) is 3.11. The van der Waals surface area contributed by atoms with Crippen molar-refractivity contribution in [1.29, 1.82) is 0 Å². The Morgan fingerprint density at radius 2 is 2.14 bits per heavy atom. The van der Waals surface area contributed by atoms with Crippen LogP contribution in [0.5, 0.6) is 0 Å². The van der Waals surface area contributed by atoms with E-state index in [1.54, 1.807) is 0 Å². The van der Waals surface area contributed by atoms with Crippen LogP contribution < -0.4 is 5.32 Å². The van der Waals surface area contributed by atoms with E-state index in [4.69, 9.17) is 4.42 Å². The van der Waals surface area contributed by atoms with Gasteiger partial charge in [0.05, 0.1) is 12.3 Å². The van der Waals surface area contributed by atoms with Gasteiger partial charge in [0.1, 0.15) is 5.76 Å². The Balaban J connectivity index is 1.59. The minimum atomic E-state index is 0.410. The fourth-order valence-corrected chi connectivity index (χ4v) is 4.09. The molecule has 2 aliphatic rings. The molecule has 2 atom stereocenters. The molecule has 1 aromatic heterocycles. The van der Waals surface area contributed by atoms with Crippen molar-refractivity contribution in [2.45, 2.75) is 64.5 Å². The Kier molecular flexibility index (Phi) is 4.70. The van der Waals surface area contributed by atoms with Gasteiger partial charge in [0, 0.05) is 12.6 Å². The van der Waals surface area contributed by atoms with Gasteiger partial charge >= 0.3 is 0 Å². The third-order valence-corrected chi connectivity index (χ3v) is 5.26. The van der Waals surface area contributed by atoms with E-state index in [0.717, 1.165) is 12.3 Å². The van der Waals surface area contributed by atoms with Crippen molar-refractivity contribution in [2.24, 2.45) is 5.41 Å². The summed E-state index contributed by atoms with van der Waals surface area (Å²) in [6.07, 6.45) is 9.83. The van der Waals surface area contributed by atoms with Crippen LogP contribution in [0.15, 0.2) is 22.8 Å². The molecule has 118 valence electrons. The van der Waals surface area contributed by atoms with Gasteiger partial charge in [-0.3, -0.25) is 4.90 Å². The number of nitrogens with zero attached hydrogens (tertiary/aromatic N) is 1. The summed E-state index contributed by atoms with van der Waals surface area (Å²) in [5, 5.41) is 3.84. The van der Waals surface area contributed by atoms with Crippen molar-refractivity contribution in [2.75, 3.05) is 19.6 Å². The van der Waals surface area contributed by atoms with Gasteiger partial charge in [0.25, 0.3) is 0 Å². The van der Waals surface area contributed by atoms with E-state index in [1.807, 2.05) is 12.3 Å². The van der Waals surface area contributed by atoms with Gasteiger partial charge in [-0.05, 0) is 62.7 Å². The molecule has 2 heterocycles. The molecule has 1 N–H and O–H groups in total. The molecular formula is C18H30N2O. The fourth-order valence-electron chi connectivity index (χ4n) is 4.09. The molecule has 21 heavy (non-hydrogen) atoms. The van der Waals surface area contributed by atoms with Crippen molar-refractivity contribution in [3.05, 3.63) is 24.2 Å². The summed E-state index contributed by atoms with van der Waals surface area (Å²) < 4.78 is 5.71. The number of furan rings is 1. The van der Waals surface area contributed by atoms with E-state index in [9.17, 15) is 0 Å². The smallest absolute Gasteiger partial charge is 0.122 e. The summed E-state index contributed by atoms with van der Waals surface area (Å²) in [6, 6.07) is 5.23. The zero-order chi connectivity index (χ0) is 14.7. The van der Waals surface area contributed by atoms with E-state index in [1.165, 1.54) is 51.6 Å². The Labute approximate surface area is 129 Å². The van der Waals surface area contributed by atoms with Gasteiger partial charge < -0.3 is 9.73 Å². The SMILES string of the molecule is CC1(C)CCCC(NCC(c2ccco2)N2CCCC2)C1. The molecule has 3 nitrogen and oxygen atoms in total. The molecule has 3 heteroatoms. The summed E-state index contributed by atoms with van der Waals surface area (Å²) in [5.41, 5.74) is 0.504. The number of hydrogen-bond donors (Lipinski definition) is 1. The molecule has 0 radical (unpaired) electrons. The molecular weight excluding hydrogens is 260 g/mol. The molecule has 1 aliphatic carbocycles. The largest absolute Gasteiger partial charge is 0.468 e. The number of likely N-dealkylation sites (tertiary alicyclic amines) is 1. The van der Waals surface area contributed by atoms with E-state index < -0.39 is 0 Å². The average molecular weight is 290 g/mol. The van der Waals surface area contributed by atoms with Gasteiger partial charge in [-0.25, -0.2) is 0 Å². The molecule has 1 aliphatic heterocycles. The van der Waals surface area contributed by atoms with Crippen LogP contribution in [0.3, 0.4) is 0 Å². The maximum Gasteiger partial charge on any atom is 0.122 e. The van der Waals surface area contributed by atoms with Crippen molar-refractivity contribution in [3.8, 4) is 0 Å². The van der Waals surface area contributed by atoms with Crippen LogP contribution in [0.4, 0.5) is 0 Å². The number of rotatable bonds is 5. The molecule has 0 amide bonds. The highest BCUT2D eigenvalue weighted by atomic mass is 16.3. The third kappa shape index (κ3) is 3.89. The first-order chi connectivity index (χ1) is 10.1. The summed E-state index contributed by atoms with van der Waals surface area (Å²) >= 11 is 0. The molecule has 3 rings (SSSR count). The Bertz CT molecular complexity index is 420. The minimum absolute atomic E-state index is 0.410. The lowest BCUT2D eigenvalue weighted by atomic mass is 9.75. The Hall–Kier alpha value is -0.800. The van der Waals surface area contributed by atoms with Crippen molar-refractivity contribution < 1.29 is 4.42 Å². The summed E-state index contributed by atoms with van der Waals surface area (Å²) in [4.78, 5) is 2.58. The van der Waals surface area contributed by atoms with Gasteiger partial charge in [0.2, 0.25) is 0 Å². The molecule has 0 spiro atoms. The molecule has 2 unspecified atom stereocenters. The van der Waals surface area contributed by atoms with E-state index in [0.29, 0.717) is 17.5 Å². The van der Waals surface area contributed by atoms with Gasteiger partial charge in [-0.2, -0.15) is 0 Å². The predicted molar refractivity (Wildman–Crippen MR) is 86.3 cm³/mol. The molecule has 1 saturated carbocycles. The molecule has 1 aromatic rings. The highest BCUT2D eigenvalue weighted by Gasteiger charge is 2.30. The highest BCUT2D eigenvalue weighted by Crippen LogP contribution is 2.35. The van der Waals surface area contributed by atoms with Crippen LogP contribution in [-0.2, 0) is 0 Å². The first-order valence-corrected chi connectivity index (χ1v) is 8.65. The van der Waals surface area contributed by atoms with E-state index in [-0.39, 0.29) is 0 Å².